The van der Waals surface area contributed by atoms with Crippen LogP contribution in [0.25, 0.3) is 14.7 Å². The molecule has 13 nitrogen and oxygen atoms in total. The van der Waals surface area contributed by atoms with Gasteiger partial charge in [0.1, 0.15) is 39.9 Å². The van der Waals surface area contributed by atoms with Crippen LogP contribution in [-0.2, 0) is 38.1 Å². The monoisotopic (exact) mass is 1360 g/mol. The molecule has 2 fully saturated rings. The summed E-state index contributed by atoms with van der Waals surface area (Å²) in [6.45, 7) is 14.7. The van der Waals surface area contributed by atoms with Crippen molar-refractivity contribution < 1.29 is 23.6 Å². The Bertz CT molecular complexity index is 4190. The van der Waals surface area contributed by atoms with Crippen LogP contribution < -0.4 is 15.5 Å². The van der Waals surface area contributed by atoms with Crippen LogP contribution in [-0.4, -0.2) is 83.4 Å². The van der Waals surface area contributed by atoms with Gasteiger partial charge in [0.2, 0.25) is 0 Å². The van der Waals surface area contributed by atoms with E-state index in [1.54, 1.807) is 0 Å². The molecule has 4 heterocycles. The molecular formula is C79H78BIN8O5. The topological polar surface area (TPSA) is 131 Å². The summed E-state index contributed by atoms with van der Waals surface area (Å²) in [5.74, 6) is 1.39. The highest BCUT2D eigenvalue weighted by atomic mass is 127. The number of carbonyl (C=O) groups is 1. The lowest BCUT2D eigenvalue weighted by molar-refractivity contribution is 0.00578. The fourth-order valence-corrected chi connectivity index (χ4v) is 14.1. The van der Waals surface area contributed by atoms with Gasteiger partial charge in [0, 0.05) is 51.9 Å². The number of hydrogen-bond acceptors (Lipinski definition) is 10. The van der Waals surface area contributed by atoms with Crippen LogP contribution in [0.4, 0.5) is 10.6 Å². The summed E-state index contributed by atoms with van der Waals surface area (Å²) in [6, 6.07) is 83.7. The first-order chi connectivity index (χ1) is 45.5. The molecule has 1 amide bonds. The first kappa shape index (κ1) is 63.6. The molecule has 0 spiro atoms. The molecule has 2 aliphatic rings. The molecule has 0 radical (unpaired) electrons. The van der Waals surface area contributed by atoms with E-state index in [2.05, 4.69) is 250 Å². The van der Waals surface area contributed by atoms with Crippen LogP contribution in [0.1, 0.15) is 111 Å². The van der Waals surface area contributed by atoms with Crippen LogP contribution in [0.2, 0.25) is 0 Å². The minimum atomic E-state index is -1.06. The molecule has 3 aromatic heterocycles. The van der Waals surface area contributed by atoms with E-state index in [0.717, 1.165) is 65.7 Å². The van der Waals surface area contributed by atoms with Gasteiger partial charge in [0.05, 0.1) is 17.7 Å². The van der Waals surface area contributed by atoms with Crippen molar-refractivity contribution in [2.24, 2.45) is 5.92 Å². The second-order valence-electron chi connectivity index (χ2n) is 26.6. The molecule has 13 rings (SSSR count). The normalized spacial score (nSPS) is 17.3. The molecule has 0 bridgehead atoms. The molecule has 1 aliphatic carbocycles. The molecule has 1 N–H and O–H groups in total. The van der Waals surface area contributed by atoms with Crippen molar-refractivity contribution in [3.63, 3.8) is 0 Å². The fourth-order valence-electron chi connectivity index (χ4n) is 13.5. The standard InChI is InChI=1S/C79H78BIN8O5/c1-75(2,3)92-74(90)88(66-50-58(48-56-30-15-8-16-31-56)70(51-66)91-67-45-29-32-57(49-67)54-87-55-65(53-82-87)80-93-76(4,5)77(6,7)94-80)47-46-69(81)68-52-71(84-78(59-33-17-9-18-34-59,60-35-19-10-20-36-60)61-37-21-11-22-38-61)83-73-72(68)85-86-89(73)79(62-39-23-12-24-40-62,63-41-25-13-26-42-63)64-43-27-14-28-44-64/h8-46,49,52-53,55,58,66,70H,47-48,50-51,54H2,1-7H3,(H,83,84)/b69-46-/t58?,66-,70+/m0/s1. The number of aromatic nitrogens is 6. The molecule has 15 heteroatoms. The smallest absolute Gasteiger partial charge is 0.490 e. The largest absolute Gasteiger partial charge is 0.498 e. The summed E-state index contributed by atoms with van der Waals surface area (Å²) in [5, 5.41) is 19.3. The summed E-state index contributed by atoms with van der Waals surface area (Å²) < 4.78 is 31.0. The average Bonchev–Trinajstić information content (AvgIpc) is 1.40. The van der Waals surface area contributed by atoms with E-state index >= 15 is 4.79 Å². The van der Waals surface area contributed by atoms with Gasteiger partial charge >= 0.3 is 13.2 Å². The van der Waals surface area contributed by atoms with Crippen molar-refractivity contribution in [1.82, 2.24) is 34.7 Å². The van der Waals surface area contributed by atoms with Crippen LogP contribution in [0.3, 0.4) is 0 Å². The van der Waals surface area contributed by atoms with Crippen molar-refractivity contribution >= 4 is 61.8 Å². The van der Waals surface area contributed by atoms with E-state index < -0.39 is 41.1 Å². The predicted molar refractivity (Wildman–Crippen MR) is 382 cm³/mol. The minimum absolute atomic E-state index is 0.0549. The maximum atomic E-state index is 15.1. The lowest BCUT2D eigenvalue weighted by Gasteiger charge is -2.38. The summed E-state index contributed by atoms with van der Waals surface area (Å²) >= 11 is 2.43. The first-order valence-corrected chi connectivity index (χ1v) is 33.5. The SMILES string of the molecule is CC(C)(C)OC(=O)N(C/C=C(\I)c1cc(NC(c2ccccc2)(c2ccccc2)c2ccccc2)nc2c1nnn2C(c1ccccc1)(c1ccccc1)c1ccccc1)[C@H]1CC(Cc2ccccc2)[C@H](Oc2cccc(Cn3cc(B4OC(C)(C)C(C)(C)O4)cn3)c2)C1. The highest BCUT2D eigenvalue weighted by Gasteiger charge is 2.52. The molecule has 11 aromatic rings. The Morgan fingerprint density at radius 2 is 1.16 bits per heavy atom. The van der Waals surface area contributed by atoms with Crippen molar-refractivity contribution in [3.8, 4) is 5.75 Å². The predicted octanol–water partition coefficient (Wildman–Crippen LogP) is 16.1. The molecular weight excluding hydrogens is 1280 g/mol. The number of carbonyl (C=O) groups excluding carboxylic acids is 1. The summed E-state index contributed by atoms with van der Waals surface area (Å²) in [4.78, 5) is 22.7. The maximum absolute atomic E-state index is 15.1. The Balaban J connectivity index is 0.907. The Hall–Kier alpha value is -9.16. The van der Waals surface area contributed by atoms with Crippen molar-refractivity contribution in [1.29, 1.82) is 0 Å². The highest BCUT2D eigenvalue weighted by molar-refractivity contribution is 14.1. The van der Waals surface area contributed by atoms with Gasteiger partial charge in [-0.15, -0.1) is 5.10 Å². The summed E-state index contributed by atoms with van der Waals surface area (Å²) in [6.07, 6.45) is 7.32. The Morgan fingerprint density at radius 1 is 0.660 bits per heavy atom. The molecule has 1 unspecified atom stereocenters. The van der Waals surface area contributed by atoms with Crippen molar-refractivity contribution in [2.45, 2.75) is 114 Å². The number of pyridine rings is 1. The van der Waals surface area contributed by atoms with E-state index in [9.17, 15) is 0 Å². The van der Waals surface area contributed by atoms with Crippen LogP contribution in [0.5, 0.6) is 5.75 Å². The third-order valence-corrected chi connectivity index (χ3v) is 19.7. The quantitative estimate of drug-likeness (QED) is 0.0447. The van der Waals surface area contributed by atoms with Crippen molar-refractivity contribution in [2.75, 3.05) is 11.9 Å². The molecule has 1 saturated carbocycles. The molecule has 94 heavy (non-hydrogen) atoms. The Kier molecular flexibility index (Phi) is 18.1. The zero-order valence-electron chi connectivity index (χ0n) is 54.2. The number of anilines is 1. The van der Waals surface area contributed by atoms with E-state index in [0.29, 0.717) is 36.4 Å². The van der Waals surface area contributed by atoms with Crippen LogP contribution >= 0.6 is 22.6 Å². The lowest BCUT2D eigenvalue weighted by Crippen LogP contribution is -2.43. The maximum Gasteiger partial charge on any atom is 0.498 e. The van der Waals surface area contributed by atoms with Gasteiger partial charge in [-0.05, 0) is 147 Å². The fraction of sp³-hybridized carbons (Fsp3) is 0.253. The minimum Gasteiger partial charge on any atom is -0.490 e. The first-order valence-electron chi connectivity index (χ1n) is 32.4. The molecule has 8 aromatic carbocycles. The van der Waals surface area contributed by atoms with Gasteiger partial charge in [-0.1, -0.05) is 236 Å². The Morgan fingerprint density at radius 3 is 1.68 bits per heavy atom. The van der Waals surface area contributed by atoms with Gasteiger partial charge in [0.25, 0.3) is 0 Å². The van der Waals surface area contributed by atoms with Crippen LogP contribution in [0.15, 0.2) is 261 Å². The number of halogens is 1. The van der Waals surface area contributed by atoms with Crippen molar-refractivity contribution in [3.05, 3.63) is 311 Å². The van der Waals surface area contributed by atoms with E-state index in [-0.39, 0.29) is 24.6 Å². The Labute approximate surface area is 565 Å². The number of nitrogens with zero attached hydrogens (tertiary/aromatic N) is 7. The van der Waals surface area contributed by atoms with Gasteiger partial charge < -0.3 is 29.0 Å². The van der Waals surface area contributed by atoms with E-state index in [1.165, 1.54) is 5.56 Å². The zero-order valence-corrected chi connectivity index (χ0v) is 56.4. The van der Waals surface area contributed by atoms with E-state index in [1.807, 2.05) is 102 Å². The van der Waals surface area contributed by atoms with Gasteiger partial charge in [-0.25, -0.2) is 14.5 Å². The van der Waals surface area contributed by atoms with Crippen LogP contribution in [0, 0.1) is 5.92 Å². The number of benzene rings is 8. The summed E-state index contributed by atoms with van der Waals surface area (Å²) in [7, 11) is -0.508. The average molecular weight is 1360 g/mol. The number of amides is 1. The second kappa shape index (κ2) is 26.7. The number of ether oxygens (including phenoxy) is 2. The number of hydrogen-bond donors (Lipinski definition) is 1. The van der Waals surface area contributed by atoms with Gasteiger partial charge in [-0.3, -0.25) is 4.68 Å². The third kappa shape index (κ3) is 13.0. The third-order valence-electron chi connectivity index (χ3n) is 18.7. The zero-order chi connectivity index (χ0) is 65.1. The second-order valence-corrected chi connectivity index (χ2v) is 27.8. The van der Waals surface area contributed by atoms with Gasteiger partial charge in [-0.2, -0.15) is 5.10 Å². The summed E-state index contributed by atoms with van der Waals surface area (Å²) in [5.41, 5.74) is 7.32. The highest BCUT2D eigenvalue weighted by Crippen LogP contribution is 2.46. The lowest BCUT2D eigenvalue weighted by atomic mass is 9.77. The molecule has 1 saturated heterocycles. The van der Waals surface area contributed by atoms with E-state index in [4.69, 9.17) is 39.2 Å². The molecule has 1 aliphatic heterocycles. The number of nitrogens with one attached hydrogen (secondary N) is 1. The molecule has 3 atom stereocenters. The number of fused-ring (bicyclic) bond motifs is 1. The number of rotatable bonds is 20. The molecule has 474 valence electrons. The van der Waals surface area contributed by atoms with Gasteiger partial charge in [0.15, 0.2) is 5.65 Å².